The molecule has 1 unspecified atom stereocenters. The number of aliphatic imine (C=N–C) groups is 1. The van der Waals surface area contributed by atoms with Gasteiger partial charge in [0.25, 0.3) is 11.8 Å². The van der Waals surface area contributed by atoms with Crippen molar-refractivity contribution in [3.05, 3.63) is 29.1 Å². The summed E-state index contributed by atoms with van der Waals surface area (Å²) >= 11 is 0. The second-order valence-corrected chi connectivity index (χ2v) is 5.78. The SMILES string of the molecule is CCc1cnc2c(c1)C(=O)N1C(=O)C(C)(C(C)C)N=C21. The zero-order chi connectivity index (χ0) is 14.7. The van der Waals surface area contributed by atoms with Gasteiger partial charge >= 0.3 is 0 Å². The van der Waals surface area contributed by atoms with Crippen molar-refractivity contribution in [2.24, 2.45) is 10.9 Å². The summed E-state index contributed by atoms with van der Waals surface area (Å²) < 4.78 is 0. The van der Waals surface area contributed by atoms with E-state index in [2.05, 4.69) is 9.98 Å². The third-order valence-electron chi connectivity index (χ3n) is 4.31. The van der Waals surface area contributed by atoms with Gasteiger partial charge in [-0.3, -0.25) is 14.6 Å². The summed E-state index contributed by atoms with van der Waals surface area (Å²) in [6.45, 7) is 7.65. The van der Waals surface area contributed by atoms with E-state index in [0.717, 1.165) is 12.0 Å². The van der Waals surface area contributed by atoms with Gasteiger partial charge in [-0.05, 0) is 30.9 Å². The minimum absolute atomic E-state index is 0.0271. The predicted octanol–water partition coefficient (Wildman–Crippen LogP) is 1.80. The Balaban J connectivity index is 2.18. The Kier molecular flexibility index (Phi) is 2.58. The van der Waals surface area contributed by atoms with Crippen LogP contribution in [-0.2, 0) is 11.2 Å². The van der Waals surface area contributed by atoms with Crippen LogP contribution in [0.2, 0.25) is 0 Å². The van der Waals surface area contributed by atoms with Gasteiger partial charge in [-0.2, -0.15) is 0 Å². The highest BCUT2D eigenvalue weighted by molar-refractivity contribution is 6.33. The summed E-state index contributed by atoms with van der Waals surface area (Å²) in [6, 6.07) is 1.81. The number of hydrogen-bond donors (Lipinski definition) is 0. The van der Waals surface area contributed by atoms with Gasteiger partial charge in [0.2, 0.25) is 0 Å². The lowest BCUT2D eigenvalue weighted by Crippen LogP contribution is -2.44. The molecule has 1 aromatic heterocycles. The molecular weight excluding hydrogens is 254 g/mol. The minimum atomic E-state index is -0.867. The number of carbonyl (C=O) groups is 2. The first-order valence-corrected chi connectivity index (χ1v) is 6.88. The van der Waals surface area contributed by atoms with Crippen LogP contribution in [0.15, 0.2) is 17.3 Å². The zero-order valence-electron chi connectivity index (χ0n) is 12.1. The van der Waals surface area contributed by atoms with E-state index >= 15 is 0 Å². The molecule has 0 saturated carbocycles. The summed E-state index contributed by atoms with van der Waals surface area (Å²) in [7, 11) is 0. The van der Waals surface area contributed by atoms with Crippen LogP contribution in [0.1, 0.15) is 49.3 Å². The van der Waals surface area contributed by atoms with Gasteiger partial charge in [0.15, 0.2) is 5.84 Å². The number of amides is 2. The molecule has 1 aromatic rings. The lowest BCUT2D eigenvalue weighted by molar-refractivity contribution is -0.130. The smallest absolute Gasteiger partial charge is 0.268 e. The summed E-state index contributed by atoms with van der Waals surface area (Å²) in [6.07, 6.45) is 2.55. The van der Waals surface area contributed by atoms with E-state index in [9.17, 15) is 9.59 Å². The van der Waals surface area contributed by atoms with E-state index in [1.165, 1.54) is 4.90 Å². The molecule has 0 saturated heterocycles. The fourth-order valence-electron chi connectivity index (χ4n) is 2.53. The van der Waals surface area contributed by atoms with Crippen LogP contribution in [-0.4, -0.2) is 33.1 Å². The second-order valence-electron chi connectivity index (χ2n) is 5.78. The van der Waals surface area contributed by atoms with E-state index in [-0.39, 0.29) is 17.7 Å². The van der Waals surface area contributed by atoms with E-state index in [1.807, 2.05) is 26.8 Å². The van der Waals surface area contributed by atoms with E-state index < -0.39 is 5.54 Å². The monoisotopic (exact) mass is 271 g/mol. The molecule has 5 heteroatoms. The maximum absolute atomic E-state index is 12.5. The molecule has 5 nitrogen and oxygen atoms in total. The number of pyridine rings is 1. The fraction of sp³-hybridized carbons (Fsp3) is 0.467. The van der Waals surface area contributed by atoms with Crippen molar-refractivity contribution in [3.63, 3.8) is 0 Å². The number of imide groups is 1. The first-order chi connectivity index (χ1) is 9.40. The van der Waals surface area contributed by atoms with Gasteiger partial charge in [0.1, 0.15) is 11.2 Å². The maximum Gasteiger partial charge on any atom is 0.268 e. The number of rotatable bonds is 2. The van der Waals surface area contributed by atoms with Crippen LogP contribution < -0.4 is 0 Å². The molecule has 2 amide bonds. The highest BCUT2D eigenvalue weighted by Gasteiger charge is 2.53. The van der Waals surface area contributed by atoms with Gasteiger partial charge in [-0.1, -0.05) is 20.8 Å². The van der Waals surface area contributed by atoms with Crippen molar-refractivity contribution in [1.82, 2.24) is 9.88 Å². The molecule has 0 aliphatic carbocycles. The van der Waals surface area contributed by atoms with Crippen molar-refractivity contribution in [3.8, 4) is 0 Å². The Hall–Kier alpha value is -2.04. The van der Waals surface area contributed by atoms with Gasteiger partial charge in [-0.25, -0.2) is 9.89 Å². The topological polar surface area (TPSA) is 62.6 Å². The summed E-state index contributed by atoms with van der Waals surface area (Å²) in [5.74, 6) is -0.104. The van der Waals surface area contributed by atoms with Gasteiger partial charge in [0, 0.05) is 6.20 Å². The number of amidine groups is 1. The molecule has 0 N–H and O–H groups in total. The van der Waals surface area contributed by atoms with Crippen molar-refractivity contribution < 1.29 is 9.59 Å². The minimum Gasteiger partial charge on any atom is -0.271 e. The normalized spacial score (nSPS) is 24.2. The lowest BCUT2D eigenvalue weighted by atomic mass is 9.88. The molecule has 0 aromatic carbocycles. The fourth-order valence-corrected chi connectivity index (χ4v) is 2.53. The number of carbonyl (C=O) groups excluding carboxylic acids is 2. The van der Waals surface area contributed by atoms with Gasteiger partial charge in [-0.15, -0.1) is 0 Å². The van der Waals surface area contributed by atoms with Crippen LogP contribution in [0.3, 0.4) is 0 Å². The highest BCUT2D eigenvalue weighted by atomic mass is 16.2. The average molecular weight is 271 g/mol. The molecule has 0 radical (unpaired) electrons. The van der Waals surface area contributed by atoms with Crippen LogP contribution in [0, 0.1) is 5.92 Å². The molecule has 0 spiro atoms. The summed E-state index contributed by atoms with van der Waals surface area (Å²) in [5, 5.41) is 0. The largest absolute Gasteiger partial charge is 0.271 e. The molecule has 2 aliphatic rings. The Morgan fingerprint density at radius 3 is 2.65 bits per heavy atom. The van der Waals surface area contributed by atoms with Gasteiger partial charge in [0.05, 0.1) is 5.56 Å². The highest BCUT2D eigenvalue weighted by Crippen LogP contribution is 2.36. The Morgan fingerprint density at radius 2 is 2.05 bits per heavy atom. The Morgan fingerprint density at radius 1 is 1.35 bits per heavy atom. The summed E-state index contributed by atoms with van der Waals surface area (Å²) in [5.41, 5.74) is 1.14. The number of nitrogens with zero attached hydrogens (tertiary/aromatic N) is 3. The molecular formula is C15H17N3O2. The molecule has 1 atom stereocenters. The van der Waals surface area contributed by atoms with Crippen molar-refractivity contribution in [1.29, 1.82) is 0 Å². The zero-order valence-corrected chi connectivity index (χ0v) is 12.1. The molecule has 2 aliphatic heterocycles. The first-order valence-electron chi connectivity index (χ1n) is 6.88. The predicted molar refractivity (Wildman–Crippen MR) is 74.6 cm³/mol. The number of aromatic nitrogens is 1. The van der Waals surface area contributed by atoms with E-state index in [0.29, 0.717) is 17.1 Å². The molecule has 104 valence electrons. The standard InChI is InChI=1S/C15H17N3O2/c1-5-9-6-10-11(16-7-9)12-17-15(4,8(2)3)14(20)18(12)13(10)19/h6-8H,5H2,1-4H3. The quantitative estimate of drug-likeness (QED) is 0.770. The second kappa shape index (κ2) is 3.98. The third kappa shape index (κ3) is 1.43. The molecule has 3 heterocycles. The lowest BCUT2D eigenvalue weighted by Gasteiger charge is -2.24. The average Bonchev–Trinajstić information content (AvgIpc) is 2.85. The van der Waals surface area contributed by atoms with Crippen LogP contribution in [0.5, 0.6) is 0 Å². The summed E-state index contributed by atoms with van der Waals surface area (Å²) in [4.78, 5) is 35.0. The third-order valence-corrected chi connectivity index (χ3v) is 4.31. The maximum atomic E-state index is 12.5. The van der Waals surface area contributed by atoms with Crippen LogP contribution in [0.25, 0.3) is 0 Å². The van der Waals surface area contributed by atoms with E-state index in [1.54, 1.807) is 13.1 Å². The molecule has 20 heavy (non-hydrogen) atoms. The van der Waals surface area contributed by atoms with Crippen molar-refractivity contribution in [2.45, 2.75) is 39.7 Å². The van der Waals surface area contributed by atoms with Crippen molar-refractivity contribution >= 4 is 17.6 Å². The number of hydrogen-bond acceptors (Lipinski definition) is 4. The number of aryl methyl sites for hydroxylation is 1. The Labute approximate surface area is 117 Å². The van der Waals surface area contributed by atoms with Crippen LogP contribution in [0.4, 0.5) is 0 Å². The van der Waals surface area contributed by atoms with Crippen LogP contribution >= 0.6 is 0 Å². The number of fused-ring (bicyclic) bond motifs is 3. The van der Waals surface area contributed by atoms with E-state index in [4.69, 9.17) is 0 Å². The van der Waals surface area contributed by atoms with Crippen molar-refractivity contribution in [2.75, 3.05) is 0 Å². The Bertz CT molecular complexity index is 663. The first kappa shape index (κ1) is 13.0. The van der Waals surface area contributed by atoms with Gasteiger partial charge < -0.3 is 0 Å². The molecule has 0 bridgehead atoms. The molecule has 3 rings (SSSR count). The molecule has 0 fully saturated rings.